The molecule has 0 spiro atoms. The van der Waals surface area contributed by atoms with Crippen molar-refractivity contribution >= 4 is 5.97 Å². The molecule has 0 bridgehead atoms. The molecule has 0 amide bonds. The van der Waals surface area contributed by atoms with Crippen LogP contribution in [0.5, 0.6) is 0 Å². The molecule has 0 aliphatic heterocycles. The second-order valence-electron chi connectivity index (χ2n) is 5.10. The summed E-state index contributed by atoms with van der Waals surface area (Å²) in [6.07, 6.45) is 2.50. The van der Waals surface area contributed by atoms with E-state index < -0.39 is 17.6 Å². The van der Waals surface area contributed by atoms with Gasteiger partial charge in [-0.1, -0.05) is 0 Å². The highest BCUT2D eigenvalue weighted by molar-refractivity contribution is 5.81. The molecular weight excluding hydrogens is 274 g/mol. The number of aryl methyl sites for hydroxylation is 2. The van der Waals surface area contributed by atoms with Crippen LogP contribution in [0.25, 0.3) is 0 Å². The maximum absolute atomic E-state index is 11.9. The van der Waals surface area contributed by atoms with Crippen LogP contribution in [0.3, 0.4) is 0 Å². The van der Waals surface area contributed by atoms with E-state index >= 15 is 0 Å². The zero-order valence-corrected chi connectivity index (χ0v) is 12.9. The first kappa shape index (κ1) is 17.6. The number of rotatable bonds is 9. The number of aliphatic hydroxyl groups is 1. The summed E-state index contributed by atoms with van der Waals surface area (Å²) in [5.41, 5.74) is 5.45. The van der Waals surface area contributed by atoms with Crippen molar-refractivity contribution in [3.63, 3.8) is 0 Å². The van der Waals surface area contributed by atoms with Crippen molar-refractivity contribution in [1.82, 2.24) is 9.97 Å². The minimum absolute atomic E-state index is 0.0871. The summed E-state index contributed by atoms with van der Waals surface area (Å²) in [5, 5.41) is 10.2. The molecule has 7 heteroatoms. The first-order valence-electron chi connectivity index (χ1n) is 7.07. The van der Waals surface area contributed by atoms with E-state index in [4.69, 9.17) is 15.2 Å². The van der Waals surface area contributed by atoms with Gasteiger partial charge in [0.1, 0.15) is 5.82 Å². The number of esters is 1. The number of aromatic amines is 1. The van der Waals surface area contributed by atoms with E-state index in [1.165, 1.54) is 7.11 Å². The molecule has 120 valence electrons. The number of H-pyrrole nitrogens is 1. The van der Waals surface area contributed by atoms with Gasteiger partial charge in [0.15, 0.2) is 5.54 Å². The van der Waals surface area contributed by atoms with Crippen molar-refractivity contribution < 1.29 is 19.4 Å². The molecule has 21 heavy (non-hydrogen) atoms. The van der Waals surface area contributed by atoms with Gasteiger partial charge >= 0.3 is 5.97 Å². The number of aliphatic hydroxyl groups excluding tert-OH is 1. The van der Waals surface area contributed by atoms with Crippen molar-refractivity contribution in [2.45, 2.75) is 44.8 Å². The maximum atomic E-state index is 11.9. The number of carbonyl (C=O) groups is 1. The van der Waals surface area contributed by atoms with Gasteiger partial charge < -0.3 is 25.3 Å². The van der Waals surface area contributed by atoms with Gasteiger partial charge in [0, 0.05) is 19.0 Å². The quantitative estimate of drug-likeness (QED) is 0.566. The third kappa shape index (κ3) is 4.80. The number of imidazole rings is 1. The summed E-state index contributed by atoms with van der Waals surface area (Å²) in [6, 6.07) is 0. The molecular formula is C14H25N3O4. The van der Waals surface area contributed by atoms with E-state index in [2.05, 4.69) is 9.97 Å². The Morgan fingerprint density at radius 2 is 2.33 bits per heavy atom. The zero-order chi connectivity index (χ0) is 15.9. The third-order valence-electron chi connectivity index (χ3n) is 3.31. The Morgan fingerprint density at radius 1 is 1.62 bits per heavy atom. The second-order valence-corrected chi connectivity index (χ2v) is 5.10. The predicted molar refractivity (Wildman–Crippen MR) is 77.7 cm³/mol. The Morgan fingerprint density at radius 3 is 2.86 bits per heavy atom. The Hall–Kier alpha value is -1.44. The highest BCUT2D eigenvalue weighted by Gasteiger charge is 2.42. The van der Waals surface area contributed by atoms with E-state index in [0.29, 0.717) is 12.8 Å². The second kappa shape index (κ2) is 8.11. The summed E-state index contributed by atoms with van der Waals surface area (Å²) in [5.74, 6) is 0.210. The van der Waals surface area contributed by atoms with Crippen LogP contribution in [-0.4, -0.2) is 53.0 Å². The number of aromatic nitrogens is 2. The fourth-order valence-corrected chi connectivity index (χ4v) is 2.14. The van der Waals surface area contributed by atoms with Crippen LogP contribution in [0.15, 0.2) is 6.20 Å². The van der Waals surface area contributed by atoms with Crippen LogP contribution in [0.2, 0.25) is 0 Å². The Kier molecular flexibility index (Phi) is 6.80. The van der Waals surface area contributed by atoms with E-state index in [1.807, 2.05) is 6.92 Å². The van der Waals surface area contributed by atoms with Crippen molar-refractivity contribution in [1.29, 1.82) is 0 Å². The summed E-state index contributed by atoms with van der Waals surface area (Å²) in [6.45, 7) is 3.69. The molecule has 1 aromatic rings. The average molecular weight is 299 g/mol. The number of ether oxygens (including phenoxy) is 2. The molecule has 0 saturated heterocycles. The monoisotopic (exact) mass is 299 g/mol. The molecule has 0 aliphatic carbocycles. The minimum Gasteiger partial charge on any atom is -0.464 e. The van der Waals surface area contributed by atoms with Crippen LogP contribution in [0.1, 0.15) is 31.3 Å². The van der Waals surface area contributed by atoms with Gasteiger partial charge in [0.25, 0.3) is 0 Å². The molecule has 7 nitrogen and oxygen atoms in total. The van der Waals surface area contributed by atoms with Crippen molar-refractivity contribution in [3.8, 4) is 0 Å². The lowest BCUT2D eigenvalue weighted by Gasteiger charge is -2.31. The number of nitrogens with one attached hydrogen (secondary N) is 1. The summed E-state index contributed by atoms with van der Waals surface area (Å²) < 4.78 is 9.89. The lowest BCUT2D eigenvalue weighted by molar-refractivity contribution is -0.157. The number of methoxy groups -OCH3 is 1. The lowest BCUT2D eigenvalue weighted by atomic mass is 9.90. The molecule has 1 rings (SSSR count). The van der Waals surface area contributed by atoms with Crippen LogP contribution in [0, 0.1) is 6.92 Å². The lowest BCUT2D eigenvalue weighted by Crippen LogP contribution is -2.61. The Balaban J connectivity index is 2.55. The topological polar surface area (TPSA) is 110 Å². The van der Waals surface area contributed by atoms with E-state index in [-0.39, 0.29) is 13.2 Å². The number of hydrogen-bond acceptors (Lipinski definition) is 6. The molecule has 0 aromatic carbocycles. The van der Waals surface area contributed by atoms with E-state index in [0.717, 1.165) is 17.9 Å². The van der Waals surface area contributed by atoms with Gasteiger partial charge in [-0.25, -0.2) is 9.78 Å². The molecule has 4 N–H and O–H groups in total. The minimum atomic E-state index is -1.53. The van der Waals surface area contributed by atoms with Crippen LogP contribution in [-0.2, 0) is 20.7 Å². The summed E-state index contributed by atoms with van der Waals surface area (Å²) in [4.78, 5) is 19.2. The predicted octanol–water partition coefficient (Wildman–Crippen LogP) is 0.309. The molecule has 0 aliphatic rings. The fourth-order valence-electron chi connectivity index (χ4n) is 2.14. The summed E-state index contributed by atoms with van der Waals surface area (Å²) >= 11 is 0. The van der Waals surface area contributed by atoms with E-state index in [1.54, 1.807) is 13.1 Å². The van der Waals surface area contributed by atoms with Crippen molar-refractivity contribution in [2.24, 2.45) is 5.73 Å². The molecule has 0 saturated carbocycles. The normalized spacial score (nSPS) is 15.5. The molecule has 0 fully saturated rings. The molecule has 2 atom stereocenters. The van der Waals surface area contributed by atoms with Crippen LogP contribution >= 0.6 is 0 Å². The van der Waals surface area contributed by atoms with Crippen LogP contribution in [0.4, 0.5) is 0 Å². The van der Waals surface area contributed by atoms with Gasteiger partial charge in [-0.3, -0.25) is 0 Å². The largest absolute Gasteiger partial charge is 0.464 e. The van der Waals surface area contributed by atoms with Gasteiger partial charge in [-0.15, -0.1) is 0 Å². The highest BCUT2D eigenvalue weighted by atomic mass is 16.5. The zero-order valence-electron chi connectivity index (χ0n) is 12.9. The van der Waals surface area contributed by atoms with Gasteiger partial charge in [0.2, 0.25) is 0 Å². The highest BCUT2D eigenvalue weighted by Crippen LogP contribution is 2.17. The SMILES string of the molecule is CCOC(=O)C(N)(COC)C(O)CCCc1cnc(C)[nH]1. The molecule has 1 heterocycles. The number of hydrogen-bond donors (Lipinski definition) is 3. The number of nitrogens with zero attached hydrogens (tertiary/aromatic N) is 1. The van der Waals surface area contributed by atoms with Gasteiger partial charge in [0.05, 0.1) is 19.3 Å². The number of nitrogens with two attached hydrogens (primary N) is 1. The molecule has 1 aromatic heterocycles. The first-order chi connectivity index (χ1) is 9.93. The fraction of sp³-hybridized carbons (Fsp3) is 0.714. The number of carbonyl (C=O) groups excluding carboxylic acids is 1. The standard InChI is InChI=1S/C14H25N3O4/c1-4-21-13(19)14(15,9-20-3)12(18)7-5-6-11-8-16-10(2)17-11/h8,12,18H,4-7,9,15H2,1-3H3,(H,16,17). The summed E-state index contributed by atoms with van der Waals surface area (Å²) in [7, 11) is 1.43. The third-order valence-corrected chi connectivity index (χ3v) is 3.31. The Bertz CT molecular complexity index is 449. The van der Waals surface area contributed by atoms with Crippen molar-refractivity contribution in [2.75, 3.05) is 20.3 Å². The smallest absolute Gasteiger partial charge is 0.331 e. The Labute approximate surface area is 124 Å². The van der Waals surface area contributed by atoms with E-state index in [9.17, 15) is 9.90 Å². The van der Waals surface area contributed by atoms with Gasteiger partial charge in [-0.05, 0) is 33.1 Å². The van der Waals surface area contributed by atoms with Gasteiger partial charge in [-0.2, -0.15) is 0 Å². The van der Waals surface area contributed by atoms with Crippen molar-refractivity contribution in [3.05, 3.63) is 17.7 Å². The van der Waals surface area contributed by atoms with Crippen LogP contribution < -0.4 is 5.73 Å². The maximum Gasteiger partial charge on any atom is 0.331 e. The molecule has 0 radical (unpaired) electrons. The first-order valence-corrected chi connectivity index (χ1v) is 7.07. The molecule has 2 unspecified atom stereocenters. The average Bonchev–Trinajstić information content (AvgIpc) is 2.84.